The molecule has 1 saturated heterocycles. The number of nitrogens with zero attached hydrogens (tertiary/aromatic N) is 1. The summed E-state index contributed by atoms with van der Waals surface area (Å²) in [6, 6.07) is 14.2. The molecule has 2 amide bonds. The Morgan fingerprint density at radius 2 is 1.82 bits per heavy atom. The summed E-state index contributed by atoms with van der Waals surface area (Å²) in [6.45, 7) is 4.75. The van der Waals surface area contributed by atoms with Gasteiger partial charge in [0.05, 0.1) is 5.41 Å². The summed E-state index contributed by atoms with van der Waals surface area (Å²) in [5.41, 5.74) is 7.69. The van der Waals surface area contributed by atoms with Gasteiger partial charge in [-0.25, -0.2) is 4.39 Å². The third-order valence-electron chi connectivity index (χ3n) is 5.53. The fourth-order valence-corrected chi connectivity index (χ4v) is 4.04. The number of primary amides is 1. The van der Waals surface area contributed by atoms with Crippen LogP contribution >= 0.6 is 0 Å². The zero-order valence-corrected chi connectivity index (χ0v) is 16.5. The lowest BCUT2D eigenvalue weighted by atomic mass is 9.74. The number of halogens is 1. The third kappa shape index (κ3) is 4.24. The Hall–Kier alpha value is -2.69. The molecule has 0 saturated carbocycles. The average molecular weight is 382 g/mol. The molecular weight excluding hydrogens is 355 g/mol. The third-order valence-corrected chi connectivity index (χ3v) is 5.53. The average Bonchev–Trinajstić information content (AvgIpc) is 2.67. The minimum atomic E-state index is -0.774. The number of nitrogens with two attached hydrogens (primary N) is 1. The maximum atomic E-state index is 13.6. The molecule has 148 valence electrons. The molecule has 2 N–H and O–H groups in total. The molecule has 28 heavy (non-hydrogen) atoms. The molecule has 0 aromatic heterocycles. The number of carbonyl (C=O) groups excluding carboxylic acids is 2. The van der Waals surface area contributed by atoms with Crippen LogP contribution in [0.2, 0.25) is 0 Å². The van der Waals surface area contributed by atoms with Crippen molar-refractivity contribution in [1.82, 2.24) is 4.90 Å². The van der Waals surface area contributed by atoms with Crippen molar-refractivity contribution in [3.05, 3.63) is 59.9 Å². The van der Waals surface area contributed by atoms with Gasteiger partial charge >= 0.3 is 0 Å². The summed E-state index contributed by atoms with van der Waals surface area (Å²) in [6.07, 6.45) is 1.88. The number of amides is 2. The first kappa shape index (κ1) is 20.1. The number of benzene rings is 2. The van der Waals surface area contributed by atoms with Gasteiger partial charge < -0.3 is 10.6 Å². The van der Waals surface area contributed by atoms with Crippen molar-refractivity contribution in [2.75, 3.05) is 13.1 Å². The number of rotatable bonds is 5. The monoisotopic (exact) mass is 382 g/mol. The Kier molecular flexibility index (Phi) is 5.82. The Labute approximate surface area is 165 Å². The van der Waals surface area contributed by atoms with Crippen LogP contribution in [0.25, 0.3) is 11.1 Å². The minimum Gasteiger partial charge on any atom is -0.369 e. The van der Waals surface area contributed by atoms with E-state index >= 15 is 0 Å². The predicted molar refractivity (Wildman–Crippen MR) is 108 cm³/mol. The van der Waals surface area contributed by atoms with Crippen molar-refractivity contribution < 1.29 is 14.0 Å². The molecular formula is C23H27FN2O2. The largest absolute Gasteiger partial charge is 0.369 e. The fraction of sp³-hybridized carbons (Fsp3) is 0.391. The molecule has 2 aromatic rings. The first-order valence-electron chi connectivity index (χ1n) is 9.74. The van der Waals surface area contributed by atoms with E-state index < -0.39 is 5.41 Å². The standard InChI is InChI=1S/C23H27FN2O2/c1-16(2)21(27)26-11-5-10-23(15-26,22(25)28)14-17-6-3-7-18(12-17)19-8-4-9-20(24)13-19/h3-4,6-9,12-13,16H,5,10-11,14-15H2,1-2H3,(H2,25,28)/t23-/m0/s1. The Balaban J connectivity index is 1.88. The molecule has 0 spiro atoms. The Morgan fingerprint density at radius 3 is 2.46 bits per heavy atom. The SMILES string of the molecule is CC(C)C(=O)N1CCC[C@@](Cc2cccc(-c3cccc(F)c3)c2)(C(N)=O)C1. The second-order valence-electron chi connectivity index (χ2n) is 8.05. The van der Waals surface area contributed by atoms with Crippen LogP contribution in [0, 0.1) is 17.2 Å². The molecule has 3 rings (SSSR count). The van der Waals surface area contributed by atoms with Gasteiger partial charge in [0.1, 0.15) is 5.82 Å². The summed E-state index contributed by atoms with van der Waals surface area (Å²) >= 11 is 0. The highest BCUT2D eigenvalue weighted by Crippen LogP contribution is 2.35. The van der Waals surface area contributed by atoms with Crippen molar-refractivity contribution >= 4 is 11.8 Å². The molecule has 2 aromatic carbocycles. The van der Waals surface area contributed by atoms with E-state index in [4.69, 9.17) is 5.73 Å². The van der Waals surface area contributed by atoms with E-state index in [0.29, 0.717) is 25.9 Å². The van der Waals surface area contributed by atoms with Crippen molar-refractivity contribution in [2.24, 2.45) is 17.1 Å². The Bertz CT molecular complexity index is 880. The van der Waals surface area contributed by atoms with E-state index in [1.807, 2.05) is 44.2 Å². The second-order valence-corrected chi connectivity index (χ2v) is 8.05. The van der Waals surface area contributed by atoms with E-state index in [-0.39, 0.29) is 23.5 Å². The lowest BCUT2D eigenvalue weighted by molar-refractivity contribution is -0.142. The molecule has 1 heterocycles. The van der Waals surface area contributed by atoms with Crippen molar-refractivity contribution in [1.29, 1.82) is 0 Å². The first-order valence-corrected chi connectivity index (χ1v) is 9.74. The molecule has 1 atom stereocenters. The van der Waals surface area contributed by atoms with E-state index in [1.54, 1.807) is 11.0 Å². The van der Waals surface area contributed by atoms with E-state index in [9.17, 15) is 14.0 Å². The van der Waals surface area contributed by atoms with Crippen LogP contribution in [-0.4, -0.2) is 29.8 Å². The van der Waals surface area contributed by atoms with Gasteiger partial charge in [0.2, 0.25) is 11.8 Å². The van der Waals surface area contributed by atoms with Gasteiger partial charge in [0.25, 0.3) is 0 Å². The number of hydrogen-bond donors (Lipinski definition) is 1. The highest BCUT2D eigenvalue weighted by atomic mass is 19.1. The van der Waals surface area contributed by atoms with Gasteiger partial charge in [0, 0.05) is 19.0 Å². The second kappa shape index (κ2) is 8.13. The number of likely N-dealkylation sites (tertiary alicyclic amines) is 1. The normalized spacial score (nSPS) is 19.6. The van der Waals surface area contributed by atoms with Crippen LogP contribution in [0.4, 0.5) is 4.39 Å². The van der Waals surface area contributed by atoms with E-state index in [1.165, 1.54) is 12.1 Å². The van der Waals surface area contributed by atoms with Crippen LogP contribution in [0.3, 0.4) is 0 Å². The van der Waals surface area contributed by atoms with Crippen molar-refractivity contribution in [3.8, 4) is 11.1 Å². The van der Waals surface area contributed by atoms with Crippen LogP contribution in [0.1, 0.15) is 32.3 Å². The molecule has 1 aliphatic rings. The zero-order valence-electron chi connectivity index (χ0n) is 16.5. The molecule has 1 aliphatic heterocycles. The fourth-order valence-electron chi connectivity index (χ4n) is 4.04. The highest BCUT2D eigenvalue weighted by Gasteiger charge is 2.42. The molecule has 5 heteroatoms. The van der Waals surface area contributed by atoms with Crippen LogP contribution in [0.15, 0.2) is 48.5 Å². The van der Waals surface area contributed by atoms with Gasteiger partial charge in [0.15, 0.2) is 0 Å². The molecule has 0 radical (unpaired) electrons. The summed E-state index contributed by atoms with van der Waals surface area (Å²) in [4.78, 5) is 26.7. The van der Waals surface area contributed by atoms with Crippen LogP contribution in [-0.2, 0) is 16.0 Å². The van der Waals surface area contributed by atoms with E-state index in [2.05, 4.69) is 0 Å². The Morgan fingerprint density at radius 1 is 1.14 bits per heavy atom. The topological polar surface area (TPSA) is 63.4 Å². The maximum absolute atomic E-state index is 13.6. The highest BCUT2D eigenvalue weighted by molar-refractivity contribution is 5.84. The van der Waals surface area contributed by atoms with Crippen molar-refractivity contribution in [3.63, 3.8) is 0 Å². The lowest BCUT2D eigenvalue weighted by Gasteiger charge is -2.41. The van der Waals surface area contributed by atoms with Crippen LogP contribution in [0.5, 0.6) is 0 Å². The predicted octanol–water partition coefficient (Wildman–Crippen LogP) is 3.79. The minimum absolute atomic E-state index is 0.0545. The summed E-state index contributed by atoms with van der Waals surface area (Å²) in [5.74, 6) is -0.713. The smallest absolute Gasteiger partial charge is 0.225 e. The van der Waals surface area contributed by atoms with Gasteiger partial charge in [-0.1, -0.05) is 50.2 Å². The lowest BCUT2D eigenvalue weighted by Crippen LogP contribution is -2.54. The zero-order chi connectivity index (χ0) is 20.3. The van der Waals surface area contributed by atoms with Gasteiger partial charge in [-0.15, -0.1) is 0 Å². The molecule has 1 fully saturated rings. The number of hydrogen-bond acceptors (Lipinski definition) is 2. The molecule has 0 aliphatic carbocycles. The van der Waals surface area contributed by atoms with Crippen molar-refractivity contribution in [2.45, 2.75) is 33.1 Å². The summed E-state index contributed by atoms with van der Waals surface area (Å²) in [5, 5.41) is 0. The summed E-state index contributed by atoms with van der Waals surface area (Å²) in [7, 11) is 0. The van der Waals surface area contributed by atoms with Gasteiger partial charge in [-0.05, 0) is 48.1 Å². The molecule has 0 bridgehead atoms. The quantitative estimate of drug-likeness (QED) is 0.855. The van der Waals surface area contributed by atoms with Gasteiger partial charge in [-0.3, -0.25) is 9.59 Å². The van der Waals surface area contributed by atoms with Gasteiger partial charge in [-0.2, -0.15) is 0 Å². The molecule has 4 nitrogen and oxygen atoms in total. The summed E-state index contributed by atoms with van der Waals surface area (Å²) < 4.78 is 13.6. The van der Waals surface area contributed by atoms with Crippen LogP contribution < -0.4 is 5.73 Å². The first-order chi connectivity index (χ1) is 13.3. The van der Waals surface area contributed by atoms with E-state index in [0.717, 1.165) is 23.1 Å². The number of carbonyl (C=O) groups is 2. The number of piperidine rings is 1. The molecule has 0 unspecified atom stereocenters. The maximum Gasteiger partial charge on any atom is 0.225 e.